The van der Waals surface area contributed by atoms with Crippen LogP contribution in [0.5, 0.6) is 0 Å². The summed E-state index contributed by atoms with van der Waals surface area (Å²) in [5.74, 6) is 0.781. The number of carbonyl (C=O) groups excluding carboxylic acids is 1. The summed E-state index contributed by atoms with van der Waals surface area (Å²) in [7, 11) is 0. The van der Waals surface area contributed by atoms with Crippen molar-refractivity contribution in [3.8, 4) is 5.82 Å². The Kier molecular flexibility index (Phi) is 3.82. The highest BCUT2D eigenvalue weighted by Crippen LogP contribution is 2.22. The van der Waals surface area contributed by atoms with Gasteiger partial charge in [-0.2, -0.15) is 0 Å². The molecule has 3 aromatic heterocycles. The van der Waals surface area contributed by atoms with E-state index in [1.165, 1.54) is 0 Å². The minimum Gasteiger partial charge on any atom is -0.337 e. The van der Waals surface area contributed by atoms with Gasteiger partial charge in [-0.25, -0.2) is 15.0 Å². The quantitative estimate of drug-likeness (QED) is 0.739. The van der Waals surface area contributed by atoms with Crippen LogP contribution < -0.4 is 0 Å². The average Bonchev–Trinajstić information content (AvgIpc) is 3.35. The second kappa shape index (κ2) is 6.27. The zero-order chi connectivity index (χ0) is 16.4. The van der Waals surface area contributed by atoms with E-state index in [4.69, 9.17) is 0 Å². The number of nitrogens with zero attached hydrogens (tertiary/aromatic N) is 6. The molecule has 0 aromatic carbocycles. The van der Waals surface area contributed by atoms with E-state index in [2.05, 4.69) is 19.5 Å². The molecule has 1 saturated heterocycles. The second-order valence-electron chi connectivity index (χ2n) is 5.93. The fourth-order valence-corrected chi connectivity index (χ4v) is 3.11. The first-order chi connectivity index (χ1) is 11.8. The summed E-state index contributed by atoms with van der Waals surface area (Å²) in [6, 6.07) is 3.96. The third kappa shape index (κ3) is 2.80. The summed E-state index contributed by atoms with van der Waals surface area (Å²) < 4.78 is 3.89. The standard InChI is InChI=1S/C17H18N6O/c24-17(14-3-4-16(20-10-14)23-9-6-19-13-23)21-7-1-2-15(11-21)22-8-5-18-12-22/h3-6,8-10,12-13,15H,1-2,7,11H2. The van der Waals surface area contributed by atoms with Gasteiger partial charge in [0, 0.05) is 44.1 Å². The molecule has 3 aromatic rings. The van der Waals surface area contributed by atoms with Gasteiger partial charge < -0.3 is 9.47 Å². The maximum atomic E-state index is 12.8. The average molecular weight is 322 g/mol. The normalized spacial score (nSPS) is 17.8. The number of piperidine rings is 1. The molecule has 24 heavy (non-hydrogen) atoms. The molecule has 7 nitrogen and oxygen atoms in total. The SMILES string of the molecule is O=C(c1ccc(-n2ccnc2)nc1)N1CCCC(n2ccnc2)C1. The number of hydrogen-bond donors (Lipinski definition) is 0. The van der Waals surface area contributed by atoms with Crippen molar-refractivity contribution in [3.05, 3.63) is 61.3 Å². The lowest BCUT2D eigenvalue weighted by Crippen LogP contribution is -2.40. The third-order valence-electron chi connectivity index (χ3n) is 4.39. The highest BCUT2D eigenvalue weighted by Gasteiger charge is 2.25. The first kappa shape index (κ1) is 14.6. The van der Waals surface area contributed by atoms with Crippen LogP contribution in [-0.2, 0) is 0 Å². The third-order valence-corrected chi connectivity index (χ3v) is 4.39. The van der Waals surface area contributed by atoms with Gasteiger partial charge in [-0.05, 0) is 25.0 Å². The Balaban J connectivity index is 1.49. The van der Waals surface area contributed by atoms with E-state index < -0.39 is 0 Å². The predicted molar refractivity (Wildman–Crippen MR) is 87.8 cm³/mol. The summed E-state index contributed by atoms with van der Waals surface area (Å²) in [6.07, 6.45) is 14.5. The summed E-state index contributed by atoms with van der Waals surface area (Å²) >= 11 is 0. The fraction of sp³-hybridized carbons (Fsp3) is 0.294. The van der Waals surface area contributed by atoms with Gasteiger partial charge in [0.1, 0.15) is 12.1 Å². The topological polar surface area (TPSA) is 68.8 Å². The lowest BCUT2D eigenvalue weighted by atomic mass is 10.0. The minimum atomic E-state index is 0.0319. The zero-order valence-electron chi connectivity index (χ0n) is 13.2. The molecule has 1 aliphatic rings. The van der Waals surface area contributed by atoms with E-state index in [1.807, 2.05) is 40.3 Å². The van der Waals surface area contributed by atoms with Gasteiger partial charge in [-0.15, -0.1) is 0 Å². The van der Waals surface area contributed by atoms with E-state index in [0.29, 0.717) is 18.2 Å². The minimum absolute atomic E-state index is 0.0319. The smallest absolute Gasteiger partial charge is 0.255 e. The molecule has 0 N–H and O–H groups in total. The molecule has 122 valence electrons. The van der Waals surface area contributed by atoms with Gasteiger partial charge in [0.05, 0.1) is 17.9 Å². The number of rotatable bonds is 3. The fourth-order valence-electron chi connectivity index (χ4n) is 3.11. The number of carbonyl (C=O) groups is 1. The van der Waals surface area contributed by atoms with Crippen LogP contribution >= 0.6 is 0 Å². The Bertz CT molecular complexity index is 794. The van der Waals surface area contributed by atoms with E-state index in [1.54, 1.807) is 24.9 Å². The van der Waals surface area contributed by atoms with E-state index in [9.17, 15) is 4.79 Å². The predicted octanol–water partition coefficient (Wildman–Crippen LogP) is 1.94. The van der Waals surface area contributed by atoms with Gasteiger partial charge in [0.2, 0.25) is 0 Å². The van der Waals surface area contributed by atoms with E-state index >= 15 is 0 Å². The van der Waals surface area contributed by atoms with Crippen molar-refractivity contribution >= 4 is 5.91 Å². The molecule has 0 spiro atoms. The van der Waals surface area contributed by atoms with Crippen LogP contribution in [0.25, 0.3) is 5.82 Å². The summed E-state index contributed by atoms with van der Waals surface area (Å²) in [6.45, 7) is 1.49. The van der Waals surface area contributed by atoms with Crippen molar-refractivity contribution < 1.29 is 4.79 Å². The molecule has 4 rings (SSSR count). The largest absolute Gasteiger partial charge is 0.337 e. The molecule has 0 radical (unpaired) electrons. The number of aromatic nitrogens is 5. The summed E-state index contributed by atoms with van der Waals surface area (Å²) in [5.41, 5.74) is 0.616. The van der Waals surface area contributed by atoms with Crippen molar-refractivity contribution in [2.75, 3.05) is 13.1 Å². The van der Waals surface area contributed by atoms with Crippen molar-refractivity contribution in [1.82, 2.24) is 29.0 Å². The zero-order valence-corrected chi connectivity index (χ0v) is 13.2. The molecule has 1 atom stereocenters. The van der Waals surface area contributed by atoms with Gasteiger partial charge in [-0.1, -0.05) is 0 Å². The Morgan fingerprint density at radius 3 is 2.71 bits per heavy atom. The molecule has 0 saturated carbocycles. The molecule has 1 unspecified atom stereocenters. The van der Waals surface area contributed by atoms with Gasteiger partial charge >= 0.3 is 0 Å². The maximum absolute atomic E-state index is 12.8. The van der Waals surface area contributed by atoms with Crippen molar-refractivity contribution in [1.29, 1.82) is 0 Å². The first-order valence-electron chi connectivity index (χ1n) is 8.02. The molecule has 0 bridgehead atoms. The van der Waals surface area contributed by atoms with Gasteiger partial charge in [0.25, 0.3) is 5.91 Å². The van der Waals surface area contributed by atoms with Crippen LogP contribution in [0.3, 0.4) is 0 Å². The molecule has 1 fully saturated rings. The Labute approximate surface area is 139 Å². The van der Waals surface area contributed by atoms with Crippen LogP contribution in [0.15, 0.2) is 55.8 Å². The maximum Gasteiger partial charge on any atom is 0.255 e. The lowest BCUT2D eigenvalue weighted by Gasteiger charge is -2.33. The Morgan fingerprint density at radius 1 is 1.12 bits per heavy atom. The second-order valence-corrected chi connectivity index (χ2v) is 5.93. The molecular formula is C17H18N6O. The van der Waals surface area contributed by atoms with Crippen LogP contribution in [0, 0.1) is 0 Å². The Hall–Kier alpha value is -2.96. The number of hydrogen-bond acceptors (Lipinski definition) is 4. The van der Waals surface area contributed by atoms with Gasteiger partial charge in [-0.3, -0.25) is 9.36 Å². The highest BCUT2D eigenvalue weighted by atomic mass is 16.2. The van der Waals surface area contributed by atoms with Crippen LogP contribution in [0.4, 0.5) is 0 Å². The molecule has 1 aliphatic heterocycles. The molecule has 1 amide bonds. The number of imidazole rings is 2. The van der Waals surface area contributed by atoms with E-state index in [-0.39, 0.29) is 5.91 Å². The summed E-state index contributed by atoms with van der Waals surface area (Å²) in [5, 5.41) is 0. The van der Waals surface area contributed by atoms with Crippen LogP contribution in [-0.4, -0.2) is 48.0 Å². The molecular weight excluding hydrogens is 304 g/mol. The monoisotopic (exact) mass is 322 g/mol. The summed E-state index contributed by atoms with van der Waals surface area (Å²) in [4.78, 5) is 27.1. The first-order valence-corrected chi connectivity index (χ1v) is 8.02. The molecule has 7 heteroatoms. The van der Waals surface area contributed by atoms with Crippen molar-refractivity contribution in [3.63, 3.8) is 0 Å². The highest BCUT2D eigenvalue weighted by molar-refractivity contribution is 5.94. The van der Waals surface area contributed by atoms with Gasteiger partial charge in [0.15, 0.2) is 0 Å². The van der Waals surface area contributed by atoms with E-state index in [0.717, 1.165) is 25.2 Å². The van der Waals surface area contributed by atoms with Crippen LogP contribution in [0.2, 0.25) is 0 Å². The number of amides is 1. The van der Waals surface area contributed by atoms with Crippen molar-refractivity contribution in [2.45, 2.75) is 18.9 Å². The van der Waals surface area contributed by atoms with Crippen LogP contribution in [0.1, 0.15) is 29.2 Å². The lowest BCUT2D eigenvalue weighted by molar-refractivity contribution is 0.0679. The molecule has 4 heterocycles. The number of pyridine rings is 1. The molecule has 0 aliphatic carbocycles. The Morgan fingerprint density at radius 2 is 2.00 bits per heavy atom. The number of likely N-dealkylation sites (tertiary alicyclic amines) is 1. The van der Waals surface area contributed by atoms with Crippen molar-refractivity contribution in [2.24, 2.45) is 0 Å².